The number of thiophene rings is 1. The molecule has 20 heavy (non-hydrogen) atoms. The summed E-state index contributed by atoms with van der Waals surface area (Å²) in [7, 11) is 5.92. The van der Waals surface area contributed by atoms with Crippen LogP contribution in [-0.4, -0.2) is 32.6 Å². The van der Waals surface area contributed by atoms with Crippen LogP contribution in [0.1, 0.15) is 17.2 Å². The lowest BCUT2D eigenvalue weighted by molar-refractivity contribution is 0.287. The molecule has 1 N–H and O–H groups in total. The van der Waals surface area contributed by atoms with E-state index in [9.17, 15) is 0 Å². The molecule has 1 aromatic carbocycles. The maximum Gasteiger partial charge on any atom is 0.119 e. The van der Waals surface area contributed by atoms with Gasteiger partial charge in [-0.1, -0.05) is 12.1 Å². The lowest BCUT2D eigenvalue weighted by Gasteiger charge is -2.25. The molecule has 0 aliphatic rings. The molecule has 1 atom stereocenters. The van der Waals surface area contributed by atoms with Crippen molar-refractivity contribution >= 4 is 11.3 Å². The van der Waals surface area contributed by atoms with Crippen molar-refractivity contribution in [3.05, 3.63) is 52.2 Å². The number of hydrogen-bond acceptors (Lipinski definition) is 4. The molecular formula is C16H22N2OS. The van der Waals surface area contributed by atoms with Crippen LogP contribution < -0.4 is 10.1 Å². The SMILES string of the molecule is COc1cccc(C(CNCc2ccsc2)N(C)C)c1. The van der Waals surface area contributed by atoms with Crippen molar-refractivity contribution in [3.8, 4) is 5.75 Å². The van der Waals surface area contributed by atoms with Gasteiger partial charge in [0.15, 0.2) is 0 Å². The van der Waals surface area contributed by atoms with Gasteiger partial charge in [-0.3, -0.25) is 0 Å². The molecule has 1 heterocycles. The molecule has 2 rings (SSSR count). The first kappa shape index (κ1) is 15.0. The van der Waals surface area contributed by atoms with E-state index in [2.05, 4.69) is 53.3 Å². The molecule has 4 heteroatoms. The van der Waals surface area contributed by atoms with E-state index in [0.29, 0.717) is 6.04 Å². The minimum atomic E-state index is 0.337. The standard InChI is InChI=1S/C16H22N2OS/c1-18(2)16(11-17-10-13-7-8-20-12-13)14-5-4-6-15(9-14)19-3/h4-9,12,16-17H,10-11H2,1-3H3. The molecule has 108 valence electrons. The van der Waals surface area contributed by atoms with Gasteiger partial charge in [-0.15, -0.1) is 0 Å². The highest BCUT2D eigenvalue weighted by Crippen LogP contribution is 2.22. The number of rotatable bonds is 7. The van der Waals surface area contributed by atoms with Crippen LogP contribution in [0.5, 0.6) is 5.75 Å². The summed E-state index contributed by atoms with van der Waals surface area (Å²) in [6, 6.07) is 10.8. The van der Waals surface area contributed by atoms with E-state index in [1.54, 1.807) is 18.4 Å². The Morgan fingerprint density at radius 2 is 2.15 bits per heavy atom. The number of benzene rings is 1. The van der Waals surface area contributed by atoms with E-state index in [-0.39, 0.29) is 0 Å². The van der Waals surface area contributed by atoms with Crippen LogP contribution in [0, 0.1) is 0 Å². The molecule has 2 aromatic rings. The van der Waals surface area contributed by atoms with Crippen LogP contribution in [0.3, 0.4) is 0 Å². The molecule has 3 nitrogen and oxygen atoms in total. The van der Waals surface area contributed by atoms with E-state index < -0.39 is 0 Å². The number of ether oxygens (including phenoxy) is 1. The van der Waals surface area contributed by atoms with E-state index in [4.69, 9.17) is 4.74 Å². The second kappa shape index (κ2) is 7.43. The molecule has 0 bridgehead atoms. The summed E-state index contributed by atoms with van der Waals surface area (Å²) in [5.41, 5.74) is 2.62. The lowest BCUT2D eigenvalue weighted by Crippen LogP contribution is -2.30. The number of likely N-dealkylation sites (N-methyl/N-ethyl adjacent to an activating group) is 1. The van der Waals surface area contributed by atoms with Gasteiger partial charge < -0.3 is 15.0 Å². The Labute approximate surface area is 125 Å². The Balaban J connectivity index is 1.99. The Bertz CT molecular complexity index is 511. The summed E-state index contributed by atoms with van der Waals surface area (Å²) in [5, 5.41) is 7.83. The summed E-state index contributed by atoms with van der Waals surface area (Å²) in [4.78, 5) is 2.23. The fourth-order valence-corrected chi connectivity index (χ4v) is 2.86. The minimum Gasteiger partial charge on any atom is -0.497 e. The van der Waals surface area contributed by atoms with Gasteiger partial charge in [0.25, 0.3) is 0 Å². The van der Waals surface area contributed by atoms with Gasteiger partial charge >= 0.3 is 0 Å². The Morgan fingerprint density at radius 1 is 1.30 bits per heavy atom. The highest BCUT2D eigenvalue weighted by Gasteiger charge is 2.14. The van der Waals surface area contributed by atoms with Crippen LogP contribution in [0.25, 0.3) is 0 Å². The highest BCUT2D eigenvalue weighted by molar-refractivity contribution is 7.07. The molecule has 0 aliphatic carbocycles. The van der Waals surface area contributed by atoms with Gasteiger partial charge in [0.05, 0.1) is 7.11 Å². The number of nitrogens with zero attached hydrogens (tertiary/aromatic N) is 1. The van der Waals surface area contributed by atoms with Crippen molar-refractivity contribution in [2.75, 3.05) is 27.7 Å². The first-order valence-corrected chi connectivity index (χ1v) is 7.67. The highest BCUT2D eigenvalue weighted by atomic mass is 32.1. The van der Waals surface area contributed by atoms with E-state index >= 15 is 0 Å². The zero-order chi connectivity index (χ0) is 14.4. The summed E-state index contributed by atoms with van der Waals surface area (Å²) in [5.74, 6) is 0.909. The number of nitrogens with one attached hydrogen (secondary N) is 1. The molecule has 0 fully saturated rings. The second-order valence-electron chi connectivity index (χ2n) is 5.02. The van der Waals surface area contributed by atoms with Gasteiger partial charge in [0.2, 0.25) is 0 Å². The predicted molar refractivity (Wildman–Crippen MR) is 85.4 cm³/mol. The van der Waals surface area contributed by atoms with Crippen LogP contribution in [0.2, 0.25) is 0 Å². The van der Waals surface area contributed by atoms with Gasteiger partial charge in [-0.05, 0) is 54.2 Å². The number of hydrogen-bond donors (Lipinski definition) is 1. The fourth-order valence-electron chi connectivity index (χ4n) is 2.19. The van der Waals surface area contributed by atoms with Crippen LogP contribution in [0.15, 0.2) is 41.1 Å². The Hall–Kier alpha value is -1.36. The van der Waals surface area contributed by atoms with E-state index in [0.717, 1.165) is 18.8 Å². The van der Waals surface area contributed by atoms with Crippen LogP contribution >= 0.6 is 11.3 Å². The monoisotopic (exact) mass is 290 g/mol. The van der Waals surface area contributed by atoms with Crippen molar-refractivity contribution in [1.29, 1.82) is 0 Å². The first-order chi connectivity index (χ1) is 9.70. The third-order valence-corrected chi connectivity index (χ3v) is 4.08. The third kappa shape index (κ3) is 4.07. The van der Waals surface area contributed by atoms with Crippen LogP contribution in [0.4, 0.5) is 0 Å². The molecule has 0 saturated heterocycles. The van der Waals surface area contributed by atoms with Crippen molar-refractivity contribution in [2.24, 2.45) is 0 Å². The molecule has 0 spiro atoms. The van der Waals surface area contributed by atoms with Crippen molar-refractivity contribution in [3.63, 3.8) is 0 Å². The van der Waals surface area contributed by atoms with Gasteiger partial charge in [-0.2, -0.15) is 11.3 Å². The molecule has 1 aromatic heterocycles. The summed E-state index contributed by atoms with van der Waals surface area (Å²) in [6.45, 7) is 1.83. The van der Waals surface area contributed by atoms with Crippen molar-refractivity contribution in [2.45, 2.75) is 12.6 Å². The van der Waals surface area contributed by atoms with Crippen LogP contribution in [-0.2, 0) is 6.54 Å². The Morgan fingerprint density at radius 3 is 2.80 bits per heavy atom. The fraction of sp³-hybridized carbons (Fsp3) is 0.375. The average molecular weight is 290 g/mol. The Kier molecular flexibility index (Phi) is 5.59. The summed E-state index contributed by atoms with van der Waals surface area (Å²) >= 11 is 1.74. The van der Waals surface area contributed by atoms with E-state index in [1.807, 2.05) is 12.1 Å². The first-order valence-electron chi connectivity index (χ1n) is 6.73. The molecule has 0 aliphatic heterocycles. The summed E-state index contributed by atoms with van der Waals surface area (Å²) < 4.78 is 5.31. The predicted octanol–water partition coefficient (Wildman–Crippen LogP) is 3.15. The van der Waals surface area contributed by atoms with Gasteiger partial charge in [0, 0.05) is 19.1 Å². The topological polar surface area (TPSA) is 24.5 Å². The third-order valence-electron chi connectivity index (χ3n) is 3.35. The quantitative estimate of drug-likeness (QED) is 0.848. The zero-order valence-electron chi connectivity index (χ0n) is 12.3. The average Bonchev–Trinajstić information content (AvgIpc) is 2.96. The molecular weight excluding hydrogens is 268 g/mol. The van der Waals surface area contributed by atoms with Gasteiger partial charge in [0.1, 0.15) is 5.75 Å². The lowest BCUT2D eigenvalue weighted by atomic mass is 10.1. The maximum atomic E-state index is 5.31. The van der Waals surface area contributed by atoms with Gasteiger partial charge in [-0.25, -0.2) is 0 Å². The summed E-state index contributed by atoms with van der Waals surface area (Å²) in [6.07, 6.45) is 0. The molecule has 0 radical (unpaired) electrons. The minimum absolute atomic E-state index is 0.337. The van der Waals surface area contributed by atoms with E-state index in [1.165, 1.54) is 11.1 Å². The largest absolute Gasteiger partial charge is 0.497 e. The molecule has 1 unspecified atom stereocenters. The van der Waals surface area contributed by atoms with Crippen molar-refractivity contribution in [1.82, 2.24) is 10.2 Å². The zero-order valence-corrected chi connectivity index (χ0v) is 13.1. The number of methoxy groups -OCH3 is 1. The van der Waals surface area contributed by atoms with Crippen molar-refractivity contribution < 1.29 is 4.74 Å². The maximum absolute atomic E-state index is 5.31. The smallest absolute Gasteiger partial charge is 0.119 e. The molecule has 0 saturated carbocycles. The molecule has 0 amide bonds. The second-order valence-corrected chi connectivity index (χ2v) is 5.80. The normalized spacial score (nSPS) is 12.6.